The summed E-state index contributed by atoms with van der Waals surface area (Å²) >= 11 is 0. The van der Waals surface area contributed by atoms with Gasteiger partial charge in [0.2, 0.25) is 10.0 Å². The van der Waals surface area contributed by atoms with Crippen molar-refractivity contribution in [3.05, 3.63) is 53.1 Å². The third-order valence-corrected chi connectivity index (χ3v) is 8.24. The van der Waals surface area contributed by atoms with E-state index in [0.717, 1.165) is 0 Å². The molecule has 1 aliphatic heterocycles. The number of carbonyl (C=O) groups is 1. The number of primary sulfonamides is 1. The Morgan fingerprint density at radius 2 is 1.73 bits per heavy atom. The van der Waals surface area contributed by atoms with Gasteiger partial charge in [0.15, 0.2) is 5.78 Å². The molecule has 0 saturated carbocycles. The lowest BCUT2D eigenvalue weighted by atomic mass is 9.61. The van der Waals surface area contributed by atoms with Crippen LogP contribution < -0.4 is 14.6 Å². The van der Waals surface area contributed by atoms with E-state index >= 15 is 0 Å². The Labute approximate surface area is 216 Å². The monoisotopic (exact) mass is 541 g/mol. The third kappa shape index (κ3) is 6.84. The zero-order valence-corrected chi connectivity index (χ0v) is 22.4. The largest absolute Gasteiger partial charge is 0.573 e. The van der Waals surface area contributed by atoms with Gasteiger partial charge in [-0.25, -0.2) is 13.6 Å². The lowest BCUT2D eigenvalue weighted by Gasteiger charge is -2.43. The molecule has 37 heavy (non-hydrogen) atoms. The first-order chi connectivity index (χ1) is 17.0. The summed E-state index contributed by atoms with van der Waals surface area (Å²) in [4.78, 5) is 12.7. The maximum atomic E-state index is 13.0. The van der Waals surface area contributed by atoms with Crippen LogP contribution in [0.15, 0.2) is 41.3 Å². The number of unbranched alkanes of at least 4 members (excludes halogenated alkanes) is 2. The summed E-state index contributed by atoms with van der Waals surface area (Å²) in [5, 5.41) is 5.32. The van der Waals surface area contributed by atoms with E-state index < -0.39 is 21.8 Å². The molecule has 0 fully saturated rings. The number of ether oxygens (including phenoxy) is 2. The van der Waals surface area contributed by atoms with Gasteiger partial charge in [-0.05, 0) is 42.0 Å². The average molecular weight is 542 g/mol. The predicted molar refractivity (Wildman–Crippen MR) is 134 cm³/mol. The SMILES string of the molecule is CC(C)(C)C(C)(CCCCCC(=O)c1cc2c(c(S(N)(=O)=O)c1)OCC2)c1ccccc1OC(F)(F)F. The molecule has 204 valence electrons. The van der Waals surface area contributed by atoms with Crippen LogP contribution in [-0.4, -0.2) is 27.2 Å². The van der Waals surface area contributed by atoms with Crippen molar-refractivity contribution in [1.82, 2.24) is 0 Å². The average Bonchev–Trinajstić information content (AvgIpc) is 3.24. The lowest BCUT2D eigenvalue weighted by molar-refractivity contribution is -0.275. The first-order valence-electron chi connectivity index (χ1n) is 12.2. The van der Waals surface area contributed by atoms with Crippen LogP contribution in [0.5, 0.6) is 11.5 Å². The highest BCUT2D eigenvalue weighted by Crippen LogP contribution is 2.49. The van der Waals surface area contributed by atoms with Gasteiger partial charge in [0.05, 0.1) is 6.61 Å². The molecule has 1 aliphatic rings. The number of nitrogens with two attached hydrogens (primary N) is 1. The van der Waals surface area contributed by atoms with Gasteiger partial charge in [0.25, 0.3) is 0 Å². The van der Waals surface area contributed by atoms with Crippen LogP contribution in [0, 0.1) is 5.41 Å². The number of fused-ring (bicyclic) bond motifs is 1. The van der Waals surface area contributed by atoms with Crippen molar-refractivity contribution >= 4 is 15.8 Å². The van der Waals surface area contributed by atoms with Crippen molar-refractivity contribution in [2.75, 3.05) is 6.61 Å². The van der Waals surface area contributed by atoms with Crippen LogP contribution in [0.4, 0.5) is 13.2 Å². The van der Waals surface area contributed by atoms with Crippen LogP contribution in [0.1, 0.15) is 81.3 Å². The molecule has 10 heteroatoms. The Balaban J connectivity index is 1.68. The summed E-state index contributed by atoms with van der Waals surface area (Å²) in [6.45, 7) is 8.24. The van der Waals surface area contributed by atoms with E-state index in [1.54, 1.807) is 18.2 Å². The number of hydrogen-bond acceptors (Lipinski definition) is 5. The first kappa shape index (κ1) is 29.0. The number of hydrogen-bond donors (Lipinski definition) is 1. The Morgan fingerprint density at radius 3 is 2.35 bits per heavy atom. The summed E-state index contributed by atoms with van der Waals surface area (Å²) < 4.78 is 72.8. The van der Waals surface area contributed by atoms with Crippen molar-refractivity contribution in [3.63, 3.8) is 0 Å². The first-order valence-corrected chi connectivity index (χ1v) is 13.8. The van der Waals surface area contributed by atoms with E-state index in [0.29, 0.717) is 49.8 Å². The van der Waals surface area contributed by atoms with E-state index in [2.05, 4.69) is 4.74 Å². The number of carbonyl (C=O) groups excluding carboxylic acids is 1. The minimum Gasteiger partial charge on any atom is -0.492 e. The molecule has 2 aromatic carbocycles. The highest BCUT2D eigenvalue weighted by atomic mass is 32.2. The smallest absolute Gasteiger partial charge is 0.492 e. The van der Waals surface area contributed by atoms with E-state index in [4.69, 9.17) is 9.88 Å². The Kier molecular flexibility index (Phi) is 8.34. The van der Waals surface area contributed by atoms with E-state index in [1.807, 2.05) is 27.7 Å². The van der Waals surface area contributed by atoms with Crippen LogP contribution in [0.3, 0.4) is 0 Å². The van der Waals surface area contributed by atoms with Crippen LogP contribution in [0.25, 0.3) is 0 Å². The molecule has 1 unspecified atom stereocenters. The molecule has 0 aromatic heterocycles. The highest BCUT2D eigenvalue weighted by molar-refractivity contribution is 7.89. The van der Waals surface area contributed by atoms with Crippen LogP contribution >= 0.6 is 0 Å². The topological polar surface area (TPSA) is 95.7 Å². The lowest BCUT2D eigenvalue weighted by Crippen LogP contribution is -2.38. The number of benzene rings is 2. The number of Topliss-reactive ketones (excluding diaryl/α,β-unsaturated/α-hetero) is 1. The molecule has 0 bridgehead atoms. The zero-order chi connectivity index (χ0) is 27.6. The fourth-order valence-corrected chi connectivity index (χ4v) is 5.52. The van der Waals surface area contributed by atoms with E-state index in [1.165, 1.54) is 18.2 Å². The summed E-state index contributed by atoms with van der Waals surface area (Å²) in [5.41, 5.74) is 0.432. The van der Waals surface area contributed by atoms with Gasteiger partial charge in [-0.2, -0.15) is 0 Å². The van der Waals surface area contributed by atoms with Gasteiger partial charge >= 0.3 is 6.36 Å². The normalized spacial score (nSPS) is 15.6. The van der Waals surface area contributed by atoms with Gasteiger partial charge in [-0.3, -0.25) is 4.79 Å². The molecule has 2 N–H and O–H groups in total. The van der Waals surface area contributed by atoms with Gasteiger partial charge in [0.1, 0.15) is 16.4 Å². The molecule has 1 atom stereocenters. The Hall–Kier alpha value is -2.59. The fraction of sp³-hybridized carbons (Fsp3) is 0.519. The molecular weight excluding hydrogens is 507 g/mol. The van der Waals surface area contributed by atoms with Gasteiger partial charge in [0, 0.05) is 29.4 Å². The number of sulfonamides is 1. The molecule has 0 amide bonds. The number of ketones is 1. The van der Waals surface area contributed by atoms with E-state index in [-0.39, 0.29) is 39.6 Å². The summed E-state index contributed by atoms with van der Waals surface area (Å²) in [6, 6.07) is 9.17. The number of para-hydroxylation sites is 1. The molecule has 0 radical (unpaired) electrons. The number of rotatable bonds is 10. The van der Waals surface area contributed by atoms with Crippen LogP contribution in [0.2, 0.25) is 0 Å². The van der Waals surface area contributed by atoms with Crippen LogP contribution in [-0.2, 0) is 21.9 Å². The summed E-state index contributed by atoms with van der Waals surface area (Å²) in [5.74, 6) is -0.175. The second-order valence-electron chi connectivity index (χ2n) is 10.7. The third-order valence-electron chi connectivity index (χ3n) is 7.32. The molecular formula is C27H34F3NO5S. The van der Waals surface area contributed by atoms with Gasteiger partial charge in [-0.1, -0.05) is 58.7 Å². The quantitative estimate of drug-likeness (QED) is 0.281. The number of halogens is 3. The maximum absolute atomic E-state index is 13.0. The molecule has 1 heterocycles. The molecule has 0 aliphatic carbocycles. The standard InChI is InChI=1S/C27H34F3NO5S/c1-25(2,3)26(4,20-10-7-8-12-22(20)36-27(28,29)30)14-9-5-6-11-21(32)19-16-18-13-15-35-24(18)23(17-19)37(31,33)34/h7-8,10,12,16-17H,5-6,9,11,13-15H2,1-4H3,(H2,31,33,34). The molecule has 6 nitrogen and oxygen atoms in total. The van der Waals surface area contributed by atoms with Crippen molar-refractivity contribution in [2.24, 2.45) is 10.6 Å². The second kappa shape index (κ2) is 10.6. The molecule has 0 spiro atoms. The Bertz CT molecular complexity index is 1250. The minimum atomic E-state index is -4.79. The van der Waals surface area contributed by atoms with Crippen molar-refractivity contribution < 1.29 is 35.9 Å². The summed E-state index contributed by atoms with van der Waals surface area (Å²) in [7, 11) is -4.04. The Morgan fingerprint density at radius 1 is 1.05 bits per heavy atom. The van der Waals surface area contributed by atoms with Crippen molar-refractivity contribution in [2.45, 2.75) is 82.9 Å². The fourth-order valence-electron chi connectivity index (χ4n) is 4.78. The second-order valence-corrected chi connectivity index (χ2v) is 12.2. The van der Waals surface area contributed by atoms with Gasteiger partial charge < -0.3 is 9.47 Å². The predicted octanol–water partition coefficient (Wildman–Crippen LogP) is 6.30. The molecule has 3 rings (SSSR count). The summed E-state index contributed by atoms with van der Waals surface area (Å²) in [6.07, 6.45) is -1.57. The van der Waals surface area contributed by atoms with Gasteiger partial charge in [-0.15, -0.1) is 13.2 Å². The highest BCUT2D eigenvalue weighted by Gasteiger charge is 2.42. The number of alkyl halides is 3. The molecule has 0 saturated heterocycles. The van der Waals surface area contributed by atoms with Crippen molar-refractivity contribution in [1.29, 1.82) is 0 Å². The molecule has 2 aromatic rings. The maximum Gasteiger partial charge on any atom is 0.573 e. The minimum absolute atomic E-state index is 0.175. The van der Waals surface area contributed by atoms with E-state index in [9.17, 15) is 26.4 Å². The zero-order valence-electron chi connectivity index (χ0n) is 21.6. The van der Waals surface area contributed by atoms with Crippen molar-refractivity contribution in [3.8, 4) is 11.5 Å².